The lowest BCUT2D eigenvalue weighted by atomic mass is 10.3. The molecule has 0 saturated carbocycles. The van der Waals surface area contributed by atoms with E-state index in [9.17, 15) is 4.79 Å². The maximum atomic E-state index is 12.3. The highest BCUT2D eigenvalue weighted by atomic mass is 16.2. The summed E-state index contributed by atoms with van der Waals surface area (Å²) in [6, 6.07) is 0. The van der Waals surface area contributed by atoms with Gasteiger partial charge in [-0.3, -0.25) is 19.7 Å². The van der Waals surface area contributed by atoms with Crippen LogP contribution in [0, 0.1) is 6.92 Å². The Kier molecular flexibility index (Phi) is 4.86. The molecule has 2 aromatic heterocycles. The number of carbonyl (C=O) groups is 1. The first-order valence-corrected chi connectivity index (χ1v) is 7.69. The summed E-state index contributed by atoms with van der Waals surface area (Å²) in [4.78, 5) is 25.2. The second-order valence-electron chi connectivity index (χ2n) is 5.67. The van der Waals surface area contributed by atoms with E-state index >= 15 is 0 Å². The maximum absolute atomic E-state index is 12.3. The lowest BCUT2D eigenvalue weighted by Gasteiger charge is -2.21. The average molecular weight is 316 g/mol. The van der Waals surface area contributed by atoms with Gasteiger partial charge in [-0.05, 0) is 23.8 Å². The molecule has 0 radical (unpaired) electrons. The summed E-state index contributed by atoms with van der Waals surface area (Å²) in [6.45, 7) is 6.13. The summed E-state index contributed by atoms with van der Waals surface area (Å²) in [7, 11) is 0. The van der Waals surface area contributed by atoms with Crippen LogP contribution in [0.1, 0.15) is 17.8 Å². The van der Waals surface area contributed by atoms with E-state index in [1.54, 1.807) is 6.20 Å². The van der Waals surface area contributed by atoms with Crippen molar-refractivity contribution >= 4 is 5.91 Å². The first-order valence-electron chi connectivity index (χ1n) is 7.69. The Morgan fingerprint density at radius 1 is 1.17 bits per heavy atom. The number of nitrogens with zero attached hydrogens (tertiary/aromatic N) is 8. The third kappa shape index (κ3) is 4.28. The molecule has 1 aliphatic rings. The number of aryl methyl sites for hydroxylation is 1. The molecule has 0 atom stereocenters. The van der Waals surface area contributed by atoms with Crippen LogP contribution in [0.2, 0.25) is 0 Å². The van der Waals surface area contributed by atoms with Crippen LogP contribution in [-0.4, -0.2) is 72.1 Å². The van der Waals surface area contributed by atoms with E-state index in [0.29, 0.717) is 6.54 Å². The van der Waals surface area contributed by atoms with Gasteiger partial charge in [0.25, 0.3) is 0 Å². The monoisotopic (exact) mass is 316 g/mol. The zero-order valence-electron chi connectivity index (χ0n) is 13.2. The van der Waals surface area contributed by atoms with Gasteiger partial charge in [0.15, 0.2) is 0 Å². The number of amides is 1. The molecule has 0 aromatic carbocycles. The van der Waals surface area contributed by atoms with E-state index in [1.807, 2.05) is 18.0 Å². The minimum Gasteiger partial charge on any atom is -0.340 e. The Morgan fingerprint density at radius 3 is 2.83 bits per heavy atom. The standard InChI is InChI=1S/C14H20N8O/c1-12-7-16-13(8-15-12)9-20-3-2-4-21(6-5-20)14(23)10-22-11-17-18-19-22/h7-8,11H,2-6,9-10H2,1H3. The van der Waals surface area contributed by atoms with Crippen LogP contribution in [0.4, 0.5) is 0 Å². The molecule has 3 heterocycles. The normalized spacial score (nSPS) is 16.3. The lowest BCUT2D eigenvalue weighted by Crippen LogP contribution is -2.37. The van der Waals surface area contributed by atoms with E-state index in [-0.39, 0.29) is 12.5 Å². The van der Waals surface area contributed by atoms with Gasteiger partial charge >= 0.3 is 0 Å². The van der Waals surface area contributed by atoms with Crippen LogP contribution in [0.3, 0.4) is 0 Å². The van der Waals surface area contributed by atoms with E-state index in [2.05, 4.69) is 30.4 Å². The summed E-state index contributed by atoms with van der Waals surface area (Å²) in [5.74, 6) is 0.0503. The van der Waals surface area contributed by atoms with Gasteiger partial charge in [0.2, 0.25) is 5.91 Å². The van der Waals surface area contributed by atoms with Gasteiger partial charge in [-0.2, -0.15) is 0 Å². The second-order valence-corrected chi connectivity index (χ2v) is 5.67. The zero-order valence-corrected chi connectivity index (χ0v) is 13.2. The minimum absolute atomic E-state index is 0.0503. The van der Waals surface area contributed by atoms with Gasteiger partial charge in [-0.1, -0.05) is 0 Å². The Morgan fingerprint density at radius 2 is 2.09 bits per heavy atom. The molecule has 1 saturated heterocycles. The third-order valence-electron chi connectivity index (χ3n) is 3.85. The average Bonchev–Trinajstić information content (AvgIpc) is 2.94. The molecular formula is C14H20N8O. The summed E-state index contributed by atoms with van der Waals surface area (Å²) >= 11 is 0. The van der Waals surface area contributed by atoms with Crippen molar-refractivity contribution in [2.24, 2.45) is 0 Å². The van der Waals surface area contributed by atoms with E-state index in [4.69, 9.17) is 0 Å². The molecule has 0 bridgehead atoms. The SMILES string of the molecule is Cc1cnc(CN2CCCN(C(=O)Cn3cnnn3)CC2)cn1. The van der Waals surface area contributed by atoms with Gasteiger partial charge in [0, 0.05) is 45.1 Å². The summed E-state index contributed by atoms with van der Waals surface area (Å²) < 4.78 is 1.45. The zero-order chi connectivity index (χ0) is 16.1. The molecule has 2 aromatic rings. The van der Waals surface area contributed by atoms with Crippen molar-refractivity contribution in [3.05, 3.63) is 30.1 Å². The van der Waals surface area contributed by atoms with Crippen LogP contribution >= 0.6 is 0 Å². The maximum Gasteiger partial charge on any atom is 0.244 e. The number of hydrogen-bond acceptors (Lipinski definition) is 7. The Balaban J connectivity index is 1.52. The molecule has 1 amide bonds. The van der Waals surface area contributed by atoms with Crippen LogP contribution in [0.25, 0.3) is 0 Å². The van der Waals surface area contributed by atoms with Crippen molar-refractivity contribution in [2.45, 2.75) is 26.4 Å². The summed E-state index contributed by atoms with van der Waals surface area (Å²) in [5, 5.41) is 10.8. The third-order valence-corrected chi connectivity index (χ3v) is 3.85. The Bertz CT molecular complexity index is 627. The molecule has 122 valence electrons. The molecule has 23 heavy (non-hydrogen) atoms. The molecule has 0 aliphatic carbocycles. The van der Waals surface area contributed by atoms with Crippen LogP contribution in [0.15, 0.2) is 18.7 Å². The molecule has 1 aliphatic heterocycles. The topological polar surface area (TPSA) is 92.9 Å². The van der Waals surface area contributed by atoms with Crippen LogP contribution in [0.5, 0.6) is 0 Å². The highest BCUT2D eigenvalue weighted by Crippen LogP contribution is 2.08. The number of carbonyl (C=O) groups excluding carboxylic acids is 1. The second kappa shape index (κ2) is 7.23. The van der Waals surface area contributed by atoms with Crippen molar-refractivity contribution in [3.8, 4) is 0 Å². The summed E-state index contributed by atoms with van der Waals surface area (Å²) in [5.41, 5.74) is 1.88. The van der Waals surface area contributed by atoms with Gasteiger partial charge in [0.05, 0.1) is 11.4 Å². The van der Waals surface area contributed by atoms with Gasteiger partial charge in [-0.15, -0.1) is 5.10 Å². The fraction of sp³-hybridized carbons (Fsp3) is 0.571. The van der Waals surface area contributed by atoms with Crippen molar-refractivity contribution in [3.63, 3.8) is 0 Å². The molecule has 1 fully saturated rings. The van der Waals surface area contributed by atoms with Crippen LogP contribution < -0.4 is 0 Å². The van der Waals surface area contributed by atoms with Crippen LogP contribution in [-0.2, 0) is 17.9 Å². The highest BCUT2D eigenvalue weighted by Gasteiger charge is 2.20. The Hall–Kier alpha value is -2.42. The molecule has 9 nitrogen and oxygen atoms in total. The van der Waals surface area contributed by atoms with E-state index < -0.39 is 0 Å². The predicted molar refractivity (Wildman–Crippen MR) is 81.1 cm³/mol. The van der Waals surface area contributed by atoms with Crippen molar-refractivity contribution in [1.82, 2.24) is 40.0 Å². The Labute approximate surface area is 134 Å². The highest BCUT2D eigenvalue weighted by molar-refractivity contribution is 5.75. The number of aromatic nitrogens is 6. The predicted octanol–water partition coefficient (Wildman–Crippen LogP) is -0.494. The summed E-state index contributed by atoms with van der Waals surface area (Å²) in [6.07, 6.45) is 6.01. The fourth-order valence-corrected chi connectivity index (χ4v) is 2.60. The lowest BCUT2D eigenvalue weighted by molar-refractivity contribution is -0.131. The number of hydrogen-bond donors (Lipinski definition) is 0. The first kappa shape index (κ1) is 15.5. The van der Waals surface area contributed by atoms with Gasteiger partial charge < -0.3 is 4.90 Å². The van der Waals surface area contributed by atoms with E-state index in [1.165, 1.54) is 11.0 Å². The van der Waals surface area contributed by atoms with Crippen molar-refractivity contribution in [1.29, 1.82) is 0 Å². The first-order chi connectivity index (χ1) is 11.2. The molecule has 3 rings (SSSR count). The number of rotatable bonds is 4. The number of tetrazole rings is 1. The van der Waals surface area contributed by atoms with Crippen molar-refractivity contribution in [2.75, 3.05) is 26.2 Å². The fourth-order valence-electron chi connectivity index (χ4n) is 2.60. The van der Waals surface area contributed by atoms with Crippen molar-refractivity contribution < 1.29 is 4.79 Å². The molecular weight excluding hydrogens is 296 g/mol. The molecule has 0 spiro atoms. The largest absolute Gasteiger partial charge is 0.340 e. The quantitative estimate of drug-likeness (QED) is 0.751. The molecule has 0 unspecified atom stereocenters. The smallest absolute Gasteiger partial charge is 0.244 e. The van der Waals surface area contributed by atoms with Gasteiger partial charge in [0.1, 0.15) is 12.9 Å². The van der Waals surface area contributed by atoms with E-state index in [0.717, 1.165) is 44.0 Å². The van der Waals surface area contributed by atoms with Gasteiger partial charge in [-0.25, -0.2) is 4.68 Å². The molecule has 9 heteroatoms. The molecule has 0 N–H and O–H groups in total. The minimum atomic E-state index is 0.0503.